The first-order valence-electron chi connectivity index (χ1n) is 4.80. The Hall–Kier alpha value is -0.610. The van der Waals surface area contributed by atoms with Crippen LogP contribution in [-0.2, 0) is 9.53 Å². The predicted octanol–water partition coefficient (Wildman–Crippen LogP) is 0.572. The van der Waals surface area contributed by atoms with Gasteiger partial charge in [0.2, 0.25) is 0 Å². The maximum absolute atomic E-state index is 10.9. The number of ether oxygens (including phenoxy) is 1. The van der Waals surface area contributed by atoms with Gasteiger partial charge in [-0.2, -0.15) is 0 Å². The molecular weight excluding hydrogens is 170 g/mol. The van der Waals surface area contributed by atoms with Gasteiger partial charge in [0.1, 0.15) is 6.04 Å². The summed E-state index contributed by atoms with van der Waals surface area (Å²) >= 11 is 0. The summed E-state index contributed by atoms with van der Waals surface area (Å²) in [7, 11) is 0. The van der Waals surface area contributed by atoms with Crippen LogP contribution < -0.4 is 0 Å². The Kier molecular flexibility index (Phi) is 4.18. The van der Waals surface area contributed by atoms with Gasteiger partial charge in [0, 0.05) is 13.1 Å². The van der Waals surface area contributed by atoms with Crippen LogP contribution in [0.25, 0.3) is 0 Å². The maximum atomic E-state index is 10.9. The van der Waals surface area contributed by atoms with Gasteiger partial charge >= 0.3 is 5.97 Å². The minimum atomic E-state index is -0.705. The summed E-state index contributed by atoms with van der Waals surface area (Å²) in [6.45, 7) is 4.82. The molecule has 76 valence electrons. The molecule has 0 aromatic heterocycles. The SMILES string of the molecule is CCCC(C(=O)O)N1CCOCC1. The lowest BCUT2D eigenvalue weighted by Gasteiger charge is -2.31. The van der Waals surface area contributed by atoms with Crippen LogP contribution in [0.2, 0.25) is 0 Å². The van der Waals surface area contributed by atoms with Gasteiger partial charge in [0.25, 0.3) is 0 Å². The fourth-order valence-corrected chi connectivity index (χ4v) is 1.62. The molecule has 0 aromatic rings. The third-order valence-electron chi connectivity index (χ3n) is 2.33. The van der Waals surface area contributed by atoms with E-state index in [1.54, 1.807) is 0 Å². The number of morpholine rings is 1. The van der Waals surface area contributed by atoms with Crippen molar-refractivity contribution in [3.63, 3.8) is 0 Å². The Bertz CT molecular complexity index is 166. The number of hydrogen-bond acceptors (Lipinski definition) is 3. The summed E-state index contributed by atoms with van der Waals surface area (Å²) < 4.78 is 5.17. The van der Waals surface area contributed by atoms with E-state index >= 15 is 0 Å². The number of aliphatic carboxylic acids is 1. The third-order valence-corrected chi connectivity index (χ3v) is 2.33. The summed E-state index contributed by atoms with van der Waals surface area (Å²) in [5, 5.41) is 8.97. The first-order valence-corrected chi connectivity index (χ1v) is 4.80. The molecular formula is C9H17NO3. The Morgan fingerprint density at radius 2 is 2.15 bits per heavy atom. The quantitative estimate of drug-likeness (QED) is 0.699. The Balaban J connectivity index is 2.46. The fourth-order valence-electron chi connectivity index (χ4n) is 1.62. The second kappa shape index (κ2) is 5.19. The van der Waals surface area contributed by atoms with Gasteiger partial charge in [-0.15, -0.1) is 0 Å². The molecule has 13 heavy (non-hydrogen) atoms. The van der Waals surface area contributed by atoms with Gasteiger partial charge in [-0.25, -0.2) is 0 Å². The van der Waals surface area contributed by atoms with Gasteiger partial charge in [-0.05, 0) is 6.42 Å². The standard InChI is InChI=1S/C9H17NO3/c1-2-3-8(9(11)12)10-4-6-13-7-5-10/h8H,2-7H2,1H3,(H,11,12). The third kappa shape index (κ3) is 2.97. The monoisotopic (exact) mass is 187 g/mol. The normalized spacial score (nSPS) is 21.3. The van der Waals surface area contributed by atoms with Crippen LogP contribution in [0.5, 0.6) is 0 Å². The highest BCUT2D eigenvalue weighted by Gasteiger charge is 2.25. The molecule has 0 radical (unpaired) electrons. The van der Waals surface area contributed by atoms with Crippen LogP contribution in [0.1, 0.15) is 19.8 Å². The van der Waals surface area contributed by atoms with Crippen LogP contribution in [-0.4, -0.2) is 48.3 Å². The van der Waals surface area contributed by atoms with Crippen molar-refractivity contribution in [3.05, 3.63) is 0 Å². The van der Waals surface area contributed by atoms with E-state index in [1.807, 2.05) is 11.8 Å². The smallest absolute Gasteiger partial charge is 0.320 e. The van der Waals surface area contributed by atoms with E-state index in [4.69, 9.17) is 9.84 Å². The van der Waals surface area contributed by atoms with Crippen LogP contribution >= 0.6 is 0 Å². The van der Waals surface area contributed by atoms with Crippen molar-refractivity contribution in [1.82, 2.24) is 4.90 Å². The molecule has 1 unspecified atom stereocenters. The summed E-state index contributed by atoms with van der Waals surface area (Å²) in [6, 6.07) is -0.311. The van der Waals surface area contributed by atoms with Crippen molar-refractivity contribution >= 4 is 5.97 Å². The molecule has 0 aliphatic carbocycles. The molecule has 1 heterocycles. The van der Waals surface area contributed by atoms with E-state index in [2.05, 4.69) is 0 Å². The van der Waals surface area contributed by atoms with Crippen LogP contribution in [0, 0.1) is 0 Å². The largest absolute Gasteiger partial charge is 0.480 e. The molecule has 1 aliphatic rings. The highest BCUT2D eigenvalue weighted by Crippen LogP contribution is 2.09. The molecule has 1 aliphatic heterocycles. The minimum Gasteiger partial charge on any atom is -0.480 e. The van der Waals surface area contributed by atoms with Crippen LogP contribution in [0.15, 0.2) is 0 Å². The Labute approximate surface area is 78.5 Å². The number of rotatable bonds is 4. The fraction of sp³-hybridized carbons (Fsp3) is 0.889. The Morgan fingerprint density at radius 1 is 1.54 bits per heavy atom. The summed E-state index contributed by atoms with van der Waals surface area (Å²) in [5.74, 6) is -0.705. The van der Waals surface area contributed by atoms with E-state index in [1.165, 1.54) is 0 Å². The highest BCUT2D eigenvalue weighted by atomic mass is 16.5. The van der Waals surface area contributed by atoms with Crippen LogP contribution in [0.3, 0.4) is 0 Å². The van der Waals surface area contributed by atoms with Crippen molar-refractivity contribution in [3.8, 4) is 0 Å². The molecule has 4 nitrogen and oxygen atoms in total. The van der Waals surface area contributed by atoms with E-state index in [0.29, 0.717) is 13.2 Å². The molecule has 0 amide bonds. The lowest BCUT2D eigenvalue weighted by Crippen LogP contribution is -2.47. The zero-order chi connectivity index (χ0) is 9.68. The first-order chi connectivity index (χ1) is 6.25. The molecule has 0 spiro atoms. The Morgan fingerprint density at radius 3 is 2.62 bits per heavy atom. The van der Waals surface area contributed by atoms with Gasteiger partial charge in [-0.3, -0.25) is 9.69 Å². The van der Waals surface area contributed by atoms with Crippen molar-refractivity contribution in [2.45, 2.75) is 25.8 Å². The summed E-state index contributed by atoms with van der Waals surface area (Å²) in [6.07, 6.45) is 1.64. The number of carboxylic acids is 1. The molecule has 0 bridgehead atoms. The van der Waals surface area contributed by atoms with E-state index in [0.717, 1.165) is 25.9 Å². The van der Waals surface area contributed by atoms with E-state index in [9.17, 15) is 4.79 Å². The highest BCUT2D eigenvalue weighted by molar-refractivity contribution is 5.73. The van der Waals surface area contributed by atoms with Gasteiger partial charge in [0.15, 0.2) is 0 Å². The van der Waals surface area contributed by atoms with E-state index < -0.39 is 5.97 Å². The van der Waals surface area contributed by atoms with Crippen LogP contribution in [0.4, 0.5) is 0 Å². The van der Waals surface area contributed by atoms with Gasteiger partial charge in [0.05, 0.1) is 13.2 Å². The number of carbonyl (C=O) groups is 1. The van der Waals surface area contributed by atoms with Crippen molar-refractivity contribution < 1.29 is 14.6 Å². The lowest BCUT2D eigenvalue weighted by molar-refractivity contribution is -0.145. The molecule has 1 N–H and O–H groups in total. The molecule has 1 saturated heterocycles. The van der Waals surface area contributed by atoms with Crippen molar-refractivity contribution in [2.24, 2.45) is 0 Å². The van der Waals surface area contributed by atoms with Gasteiger partial charge in [-0.1, -0.05) is 13.3 Å². The average molecular weight is 187 g/mol. The average Bonchev–Trinajstić information content (AvgIpc) is 2.15. The first kappa shape index (κ1) is 10.5. The van der Waals surface area contributed by atoms with E-state index in [-0.39, 0.29) is 6.04 Å². The van der Waals surface area contributed by atoms with Crippen molar-refractivity contribution in [2.75, 3.05) is 26.3 Å². The second-order valence-electron chi connectivity index (χ2n) is 3.29. The molecule has 1 rings (SSSR count). The molecule has 1 atom stereocenters. The predicted molar refractivity (Wildman–Crippen MR) is 48.7 cm³/mol. The number of hydrogen-bond donors (Lipinski definition) is 1. The molecule has 0 saturated carbocycles. The minimum absolute atomic E-state index is 0.311. The van der Waals surface area contributed by atoms with Crippen molar-refractivity contribution in [1.29, 1.82) is 0 Å². The van der Waals surface area contributed by atoms with Gasteiger partial charge < -0.3 is 9.84 Å². The zero-order valence-corrected chi connectivity index (χ0v) is 8.03. The maximum Gasteiger partial charge on any atom is 0.320 e. The molecule has 0 aromatic carbocycles. The molecule has 4 heteroatoms. The molecule has 1 fully saturated rings. The number of carboxylic acid groups (broad SMARTS) is 1. The second-order valence-corrected chi connectivity index (χ2v) is 3.29. The zero-order valence-electron chi connectivity index (χ0n) is 8.03. The topological polar surface area (TPSA) is 49.8 Å². The lowest BCUT2D eigenvalue weighted by atomic mass is 10.1. The summed E-state index contributed by atoms with van der Waals surface area (Å²) in [4.78, 5) is 12.9. The summed E-state index contributed by atoms with van der Waals surface area (Å²) in [5.41, 5.74) is 0. The number of nitrogens with zero attached hydrogens (tertiary/aromatic N) is 1.